The van der Waals surface area contributed by atoms with E-state index in [1.165, 1.54) is 0 Å². The van der Waals surface area contributed by atoms with Crippen molar-refractivity contribution in [2.75, 3.05) is 36.9 Å². The lowest BCUT2D eigenvalue weighted by molar-refractivity contribution is -0.124. The van der Waals surface area contributed by atoms with Crippen molar-refractivity contribution in [3.8, 4) is 0 Å². The Hall–Kier alpha value is -3.72. The number of fused-ring (bicyclic) bond motifs is 1. The Morgan fingerprint density at radius 3 is 2.49 bits per heavy atom. The second-order valence-electron chi connectivity index (χ2n) is 12.5. The molecular formula is C31H36F2N6O5S. The third-order valence-electron chi connectivity index (χ3n) is 8.57. The molecule has 3 N–H and O–H groups in total. The predicted molar refractivity (Wildman–Crippen MR) is 162 cm³/mol. The summed E-state index contributed by atoms with van der Waals surface area (Å²) in [6.45, 7) is 6.59. The maximum Gasteiger partial charge on any atom is 0.258 e. The molecule has 0 unspecified atom stereocenters. The predicted octanol–water partition coefficient (Wildman–Crippen LogP) is 4.14. The van der Waals surface area contributed by atoms with Gasteiger partial charge >= 0.3 is 0 Å². The molecule has 2 aromatic carbocycles. The Morgan fingerprint density at radius 2 is 1.80 bits per heavy atom. The first-order chi connectivity index (χ1) is 21.4. The third kappa shape index (κ3) is 6.50. The molecule has 3 aromatic rings. The van der Waals surface area contributed by atoms with Gasteiger partial charge in [-0.15, -0.1) is 0 Å². The molecule has 2 saturated heterocycles. The topological polar surface area (TPSA) is 137 Å². The number of likely N-dealkylation sites (tertiary alicyclic amines) is 1. The first-order valence-electron chi connectivity index (χ1n) is 15.0. The molecule has 2 amide bonds. The van der Waals surface area contributed by atoms with Crippen LogP contribution in [0.3, 0.4) is 0 Å². The Bertz CT molecular complexity index is 1710. The van der Waals surface area contributed by atoms with Gasteiger partial charge in [0, 0.05) is 49.0 Å². The summed E-state index contributed by atoms with van der Waals surface area (Å²) in [5.41, 5.74) is 1.77. The minimum absolute atomic E-state index is 0.00788. The van der Waals surface area contributed by atoms with E-state index in [1.807, 2.05) is 6.07 Å². The number of H-pyrrole nitrogens is 1. The number of anilines is 2. The first-order valence-corrected chi connectivity index (χ1v) is 16.5. The standard InChI is InChI=1S/C31H36F2N6O5S/c1-31(2)18-39(45(42,43)22-14-20(32)13-21(33)15-22)17-24-27(31)36-37-28(24)35-29(40)23-8-7-19(16-38-9-3-4-10-38)12-25(23)34-30(41)26-6-5-11-44-26/h7-8,12-15,26H,3-6,9-11,16-18H2,1-2H3,(H,34,41)(H2,35,36,37,40)/t26-/m0/s1. The van der Waals surface area contributed by atoms with Gasteiger partial charge in [-0.25, -0.2) is 17.2 Å². The number of nitrogens with zero attached hydrogens (tertiary/aromatic N) is 3. The molecule has 0 bridgehead atoms. The maximum atomic E-state index is 13.9. The quantitative estimate of drug-likeness (QED) is 0.336. The van der Waals surface area contributed by atoms with Crippen LogP contribution in [0.5, 0.6) is 0 Å². The number of sulfonamides is 1. The molecule has 4 heterocycles. The number of halogens is 2. The van der Waals surface area contributed by atoms with E-state index in [1.54, 1.807) is 26.0 Å². The van der Waals surface area contributed by atoms with Gasteiger partial charge in [0.2, 0.25) is 10.0 Å². The van der Waals surface area contributed by atoms with E-state index in [2.05, 4.69) is 25.7 Å². The molecular weight excluding hydrogens is 606 g/mol. The Morgan fingerprint density at radius 1 is 1.07 bits per heavy atom. The van der Waals surface area contributed by atoms with E-state index >= 15 is 0 Å². The van der Waals surface area contributed by atoms with Gasteiger partial charge in [0.05, 0.1) is 16.1 Å². The van der Waals surface area contributed by atoms with Crippen molar-refractivity contribution in [1.82, 2.24) is 19.4 Å². The van der Waals surface area contributed by atoms with Gasteiger partial charge in [0.15, 0.2) is 5.82 Å². The SMILES string of the molecule is CC1(C)CN(S(=O)(=O)c2cc(F)cc(F)c2)Cc2c(NC(=O)c3ccc(CN4CCCC4)cc3NC(=O)[C@@H]3CCCO3)n[nH]c21. The molecule has 0 saturated carbocycles. The van der Waals surface area contributed by atoms with Crippen LogP contribution in [0.2, 0.25) is 0 Å². The number of amides is 2. The van der Waals surface area contributed by atoms with Crippen LogP contribution in [0.1, 0.15) is 66.7 Å². The highest BCUT2D eigenvalue weighted by Crippen LogP contribution is 2.38. The highest BCUT2D eigenvalue weighted by molar-refractivity contribution is 7.89. The van der Waals surface area contributed by atoms with Gasteiger partial charge in [-0.05, 0) is 68.6 Å². The molecule has 11 nitrogen and oxygen atoms in total. The van der Waals surface area contributed by atoms with Crippen LogP contribution in [0.15, 0.2) is 41.3 Å². The molecule has 1 atom stereocenters. The number of ether oxygens (including phenoxy) is 1. The van der Waals surface area contributed by atoms with Crippen molar-refractivity contribution in [2.45, 2.75) is 69.0 Å². The maximum absolute atomic E-state index is 13.9. The fourth-order valence-electron chi connectivity index (χ4n) is 6.29. The second kappa shape index (κ2) is 12.2. The molecule has 14 heteroatoms. The molecule has 45 heavy (non-hydrogen) atoms. The smallest absolute Gasteiger partial charge is 0.258 e. The van der Waals surface area contributed by atoms with E-state index in [0.29, 0.717) is 42.6 Å². The van der Waals surface area contributed by atoms with Gasteiger partial charge in [-0.1, -0.05) is 19.9 Å². The van der Waals surface area contributed by atoms with Crippen LogP contribution in [0.25, 0.3) is 0 Å². The largest absolute Gasteiger partial charge is 0.368 e. The van der Waals surface area contributed by atoms with Crippen LogP contribution >= 0.6 is 0 Å². The van der Waals surface area contributed by atoms with Gasteiger partial charge in [0.1, 0.15) is 17.7 Å². The van der Waals surface area contributed by atoms with Crippen LogP contribution in [-0.2, 0) is 38.1 Å². The van der Waals surface area contributed by atoms with E-state index < -0.39 is 44.0 Å². The number of rotatable bonds is 8. The summed E-state index contributed by atoms with van der Waals surface area (Å²) < 4.78 is 61.5. The summed E-state index contributed by atoms with van der Waals surface area (Å²) in [7, 11) is -4.30. The normalized spacial score (nSPS) is 20.2. The van der Waals surface area contributed by atoms with Crippen LogP contribution in [-0.4, -0.2) is 72.0 Å². The summed E-state index contributed by atoms with van der Waals surface area (Å²) in [6.07, 6.45) is 3.04. The van der Waals surface area contributed by atoms with Crippen molar-refractivity contribution in [3.63, 3.8) is 0 Å². The minimum atomic E-state index is -4.30. The van der Waals surface area contributed by atoms with Gasteiger partial charge in [-0.2, -0.15) is 9.40 Å². The van der Waals surface area contributed by atoms with Crippen molar-refractivity contribution >= 4 is 33.3 Å². The number of carbonyl (C=O) groups excluding carboxylic acids is 2. The minimum Gasteiger partial charge on any atom is -0.368 e. The van der Waals surface area contributed by atoms with Crippen molar-refractivity contribution in [3.05, 3.63) is 70.4 Å². The number of nitrogens with one attached hydrogen (secondary N) is 3. The zero-order chi connectivity index (χ0) is 31.9. The third-order valence-corrected chi connectivity index (χ3v) is 10.3. The van der Waals surface area contributed by atoms with Gasteiger partial charge in [-0.3, -0.25) is 19.6 Å². The first kappa shape index (κ1) is 31.3. The summed E-state index contributed by atoms with van der Waals surface area (Å²) in [6, 6.07) is 7.47. The number of hydrogen-bond acceptors (Lipinski definition) is 7. The molecule has 3 aliphatic heterocycles. The summed E-state index contributed by atoms with van der Waals surface area (Å²) in [4.78, 5) is 28.6. The summed E-state index contributed by atoms with van der Waals surface area (Å²) in [5.74, 6) is -2.77. The molecule has 6 rings (SSSR count). The number of carbonyl (C=O) groups is 2. The molecule has 3 aliphatic rings. The van der Waals surface area contributed by atoms with Crippen LogP contribution in [0, 0.1) is 11.6 Å². The van der Waals surface area contributed by atoms with E-state index in [9.17, 15) is 26.8 Å². The van der Waals surface area contributed by atoms with Gasteiger partial charge < -0.3 is 15.4 Å². The Balaban J connectivity index is 1.28. The number of hydrogen-bond donors (Lipinski definition) is 3. The van der Waals surface area contributed by atoms with E-state index in [0.717, 1.165) is 54.4 Å². The van der Waals surface area contributed by atoms with Crippen LogP contribution in [0.4, 0.5) is 20.3 Å². The molecule has 0 radical (unpaired) electrons. The Kier molecular flexibility index (Phi) is 8.50. The summed E-state index contributed by atoms with van der Waals surface area (Å²) >= 11 is 0. The monoisotopic (exact) mass is 642 g/mol. The molecule has 1 aromatic heterocycles. The number of aromatic nitrogens is 2. The lowest BCUT2D eigenvalue weighted by Gasteiger charge is -2.36. The fraction of sp³-hybridized carbons (Fsp3) is 0.452. The Labute approximate surface area is 260 Å². The molecule has 0 aliphatic carbocycles. The zero-order valence-corrected chi connectivity index (χ0v) is 26.0. The van der Waals surface area contributed by atoms with E-state index in [-0.39, 0.29) is 30.4 Å². The highest BCUT2D eigenvalue weighted by atomic mass is 32.2. The molecule has 0 spiro atoms. The second-order valence-corrected chi connectivity index (χ2v) is 14.4. The lowest BCUT2D eigenvalue weighted by Crippen LogP contribution is -2.45. The van der Waals surface area contributed by atoms with Crippen molar-refractivity contribution in [1.29, 1.82) is 0 Å². The average Bonchev–Trinajstić information content (AvgIpc) is 3.76. The van der Waals surface area contributed by atoms with Crippen LogP contribution < -0.4 is 10.6 Å². The zero-order valence-electron chi connectivity index (χ0n) is 25.2. The average molecular weight is 643 g/mol. The molecule has 2 fully saturated rings. The summed E-state index contributed by atoms with van der Waals surface area (Å²) in [5, 5.41) is 12.9. The highest BCUT2D eigenvalue weighted by Gasteiger charge is 2.41. The lowest BCUT2D eigenvalue weighted by atomic mass is 9.84. The fourth-order valence-corrected chi connectivity index (χ4v) is 7.91. The number of benzene rings is 2. The van der Waals surface area contributed by atoms with Crippen molar-refractivity contribution in [2.24, 2.45) is 0 Å². The van der Waals surface area contributed by atoms with Crippen molar-refractivity contribution < 1.29 is 31.5 Å². The van der Waals surface area contributed by atoms with E-state index in [4.69, 9.17) is 4.74 Å². The molecule has 240 valence electrons. The number of aromatic amines is 1. The van der Waals surface area contributed by atoms with Gasteiger partial charge in [0.25, 0.3) is 11.8 Å².